The third kappa shape index (κ3) is 20.7. The zero-order chi connectivity index (χ0) is 39.9. The van der Waals surface area contributed by atoms with E-state index in [1.807, 2.05) is 0 Å². The first-order chi connectivity index (χ1) is 26.1. The lowest BCUT2D eigenvalue weighted by molar-refractivity contribution is -0.511. The molecule has 10 heteroatoms. The van der Waals surface area contributed by atoms with Crippen molar-refractivity contribution in [3.05, 3.63) is 0 Å². The highest BCUT2D eigenvalue weighted by atomic mass is 16.9. The third-order valence-electron chi connectivity index (χ3n) is 11.3. The van der Waals surface area contributed by atoms with Crippen LogP contribution in [0.1, 0.15) is 226 Å². The Hall–Kier alpha value is -1.30. The number of aliphatic hydroxyl groups is 5. The van der Waals surface area contributed by atoms with E-state index in [1.54, 1.807) is 6.92 Å². The zero-order valence-corrected chi connectivity index (χ0v) is 34.9. The molecule has 1 fully saturated rings. The van der Waals surface area contributed by atoms with Crippen LogP contribution < -0.4 is 0 Å². The molecule has 0 spiro atoms. The number of carbonyl (C=O) groups is 2. The molecule has 1 rings (SSSR count). The lowest BCUT2D eigenvalue weighted by Gasteiger charge is -2.49. The standard InChI is InChI=1S/C44H84O10/c1-4-7-9-11-13-15-17-19-21-23-25-27-29-31-33-35-39(46)53-43(50)41(48)40(47)38(36-45)52-44(43,51)54-42(49)37(6-3)34-32-30-28-26-24-22-20-18-16-14-12-10-8-5-2/h37-38,40-41,45,47-48,50-51H,4-36H2,1-3H3/t37?,38-,40-,41+,43-,44?/m1/s1. The van der Waals surface area contributed by atoms with Crippen LogP contribution in [0.2, 0.25) is 0 Å². The molecule has 0 aromatic rings. The van der Waals surface area contributed by atoms with E-state index < -0.39 is 54.5 Å². The van der Waals surface area contributed by atoms with Crippen molar-refractivity contribution in [1.29, 1.82) is 0 Å². The molecule has 10 nitrogen and oxygen atoms in total. The van der Waals surface area contributed by atoms with Gasteiger partial charge in [-0.3, -0.25) is 9.59 Å². The van der Waals surface area contributed by atoms with Crippen LogP contribution in [0.15, 0.2) is 0 Å². The number of esters is 2. The summed E-state index contributed by atoms with van der Waals surface area (Å²) in [5, 5.41) is 53.7. The molecule has 1 aliphatic heterocycles. The summed E-state index contributed by atoms with van der Waals surface area (Å²) >= 11 is 0. The molecule has 5 N–H and O–H groups in total. The van der Waals surface area contributed by atoms with Gasteiger partial charge in [0.1, 0.15) is 12.2 Å². The van der Waals surface area contributed by atoms with Crippen LogP contribution in [-0.2, 0) is 23.8 Å². The van der Waals surface area contributed by atoms with E-state index in [-0.39, 0.29) is 6.42 Å². The molecule has 6 atom stereocenters. The van der Waals surface area contributed by atoms with Crippen LogP contribution in [0.25, 0.3) is 0 Å². The van der Waals surface area contributed by atoms with Crippen LogP contribution in [0, 0.1) is 5.92 Å². The zero-order valence-electron chi connectivity index (χ0n) is 34.9. The Morgan fingerprint density at radius 2 is 0.944 bits per heavy atom. The van der Waals surface area contributed by atoms with Crippen molar-refractivity contribution in [2.75, 3.05) is 6.61 Å². The molecule has 1 aliphatic rings. The van der Waals surface area contributed by atoms with Crippen molar-refractivity contribution < 1.29 is 49.3 Å². The molecule has 320 valence electrons. The first-order valence-corrected chi connectivity index (χ1v) is 22.6. The van der Waals surface area contributed by atoms with E-state index in [2.05, 4.69) is 13.8 Å². The van der Waals surface area contributed by atoms with Crippen molar-refractivity contribution in [2.45, 2.75) is 256 Å². The first-order valence-electron chi connectivity index (χ1n) is 22.6. The van der Waals surface area contributed by atoms with E-state index in [0.717, 1.165) is 51.4 Å². The van der Waals surface area contributed by atoms with Crippen molar-refractivity contribution in [2.24, 2.45) is 5.92 Å². The average molecular weight is 773 g/mol. The largest absolute Gasteiger partial charge is 0.420 e. The van der Waals surface area contributed by atoms with E-state index >= 15 is 0 Å². The number of hydrogen-bond acceptors (Lipinski definition) is 10. The maximum Gasteiger partial charge on any atom is 0.399 e. The Labute approximate surface area is 329 Å². The lowest BCUT2D eigenvalue weighted by Crippen LogP contribution is -2.75. The van der Waals surface area contributed by atoms with Gasteiger partial charge in [0.25, 0.3) is 0 Å². The summed E-state index contributed by atoms with van der Waals surface area (Å²) in [5.74, 6) is -9.15. The summed E-state index contributed by atoms with van der Waals surface area (Å²) in [6.45, 7) is 5.43. The molecule has 1 saturated heterocycles. The Balaban J connectivity index is 2.45. The summed E-state index contributed by atoms with van der Waals surface area (Å²) in [4.78, 5) is 26.1. The topological polar surface area (TPSA) is 163 Å². The fourth-order valence-corrected chi connectivity index (χ4v) is 7.51. The van der Waals surface area contributed by atoms with Gasteiger partial charge in [-0.25, -0.2) is 0 Å². The minimum absolute atomic E-state index is 0.118. The molecule has 0 amide bonds. The molecule has 0 saturated carbocycles. The molecule has 0 aromatic carbocycles. The summed E-state index contributed by atoms with van der Waals surface area (Å²) < 4.78 is 15.7. The molecule has 54 heavy (non-hydrogen) atoms. The number of unbranched alkanes of at least 4 members (excludes halogenated alkanes) is 27. The van der Waals surface area contributed by atoms with Gasteiger partial charge < -0.3 is 39.7 Å². The molecule has 0 bridgehead atoms. The van der Waals surface area contributed by atoms with Gasteiger partial charge in [-0.05, 0) is 19.3 Å². The monoisotopic (exact) mass is 773 g/mol. The molecule has 0 radical (unpaired) electrons. The van der Waals surface area contributed by atoms with Crippen molar-refractivity contribution >= 4 is 11.9 Å². The molecule has 2 unspecified atom stereocenters. The Morgan fingerprint density at radius 3 is 1.31 bits per heavy atom. The fraction of sp³-hybridized carbons (Fsp3) is 0.955. The number of aliphatic hydroxyl groups excluding tert-OH is 3. The normalized spacial score (nSPS) is 23.4. The first kappa shape index (κ1) is 50.7. The van der Waals surface area contributed by atoms with Crippen LogP contribution in [0.4, 0.5) is 0 Å². The van der Waals surface area contributed by atoms with E-state index in [0.29, 0.717) is 19.3 Å². The summed E-state index contributed by atoms with van der Waals surface area (Å²) in [5.41, 5.74) is 0. The molecular formula is C44H84O10. The SMILES string of the molecule is CCCCCCCCCCCCCCCCCC(=O)O[C@]1(O)[C@@H](O)[C@H](O)[C@@H](CO)OC1(O)OC(=O)C(CC)CCCCCCCCCCCCCCCC. The van der Waals surface area contributed by atoms with Gasteiger partial charge in [-0.1, -0.05) is 201 Å². The van der Waals surface area contributed by atoms with E-state index in [4.69, 9.17) is 14.2 Å². The van der Waals surface area contributed by atoms with Crippen molar-refractivity contribution in [3.63, 3.8) is 0 Å². The molecular weight excluding hydrogens is 688 g/mol. The van der Waals surface area contributed by atoms with Gasteiger partial charge in [0.05, 0.1) is 12.5 Å². The van der Waals surface area contributed by atoms with Gasteiger partial charge in [-0.15, -0.1) is 0 Å². The van der Waals surface area contributed by atoms with Crippen LogP contribution in [0.3, 0.4) is 0 Å². The highest BCUT2D eigenvalue weighted by Gasteiger charge is 2.70. The Kier molecular flexibility index (Phi) is 29.8. The minimum atomic E-state index is -3.34. The van der Waals surface area contributed by atoms with Crippen LogP contribution >= 0.6 is 0 Å². The third-order valence-corrected chi connectivity index (χ3v) is 11.3. The molecule has 0 aliphatic carbocycles. The Morgan fingerprint density at radius 1 is 0.574 bits per heavy atom. The van der Waals surface area contributed by atoms with Crippen molar-refractivity contribution in [3.8, 4) is 0 Å². The van der Waals surface area contributed by atoms with Gasteiger partial charge in [0.2, 0.25) is 0 Å². The Bertz CT molecular complexity index is 918. The predicted molar refractivity (Wildman–Crippen MR) is 214 cm³/mol. The van der Waals surface area contributed by atoms with Crippen LogP contribution in [-0.4, -0.2) is 74.2 Å². The van der Waals surface area contributed by atoms with Gasteiger partial charge in [-0.2, -0.15) is 0 Å². The summed E-state index contributed by atoms with van der Waals surface area (Å²) in [6, 6.07) is 0. The number of hydrogen-bond donors (Lipinski definition) is 5. The summed E-state index contributed by atoms with van der Waals surface area (Å²) in [6.07, 6.45) is 29.3. The number of rotatable bonds is 36. The minimum Gasteiger partial charge on any atom is -0.420 e. The molecule has 1 heterocycles. The molecule has 0 aromatic heterocycles. The van der Waals surface area contributed by atoms with E-state index in [1.165, 1.54) is 128 Å². The summed E-state index contributed by atoms with van der Waals surface area (Å²) in [7, 11) is 0. The maximum atomic E-state index is 13.3. The van der Waals surface area contributed by atoms with Gasteiger partial charge in [0, 0.05) is 6.42 Å². The second-order valence-corrected chi connectivity index (χ2v) is 16.1. The highest BCUT2D eigenvalue weighted by molar-refractivity contribution is 5.73. The van der Waals surface area contributed by atoms with Crippen LogP contribution in [0.5, 0.6) is 0 Å². The smallest absolute Gasteiger partial charge is 0.399 e. The fourth-order valence-electron chi connectivity index (χ4n) is 7.51. The van der Waals surface area contributed by atoms with Crippen molar-refractivity contribution in [1.82, 2.24) is 0 Å². The second-order valence-electron chi connectivity index (χ2n) is 16.1. The van der Waals surface area contributed by atoms with Gasteiger partial charge in [0.15, 0.2) is 6.10 Å². The number of ether oxygens (including phenoxy) is 3. The number of carbonyl (C=O) groups excluding carboxylic acids is 2. The quantitative estimate of drug-likeness (QED) is 0.0235. The van der Waals surface area contributed by atoms with E-state index in [9.17, 15) is 35.1 Å². The second kappa shape index (κ2) is 31.7. The van der Waals surface area contributed by atoms with Gasteiger partial charge >= 0.3 is 23.7 Å². The maximum absolute atomic E-state index is 13.3. The highest BCUT2D eigenvalue weighted by Crippen LogP contribution is 2.40. The lowest BCUT2D eigenvalue weighted by atomic mass is 9.93. The average Bonchev–Trinajstić information content (AvgIpc) is 3.15. The predicted octanol–water partition coefficient (Wildman–Crippen LogP) is 9.68.